The molecule has 1 atom stereocenters. The van der Waals surface area contributed by atoms with Crippen molar-refractivity contribution in [1.82, 2.24) is 15.5 Å². The number of carbonyl (C=O) groups excluding carboxylic acids is 1. The summed E-state index contributed by atoms with van der Waals surface area (Å²) in [6.45, 7) is 2.23. The van der Waals surface area contributed by atoms with E-state index in [-0.39, 0.29) is 12.0 Å². The maximum atomic E-state index is 12.3. The van der Waals surface area contributed by atoms with E-state index in [4.69, 9.17) is 4.74 Å². The molecule has 0 unspecified atom stereocenters. The normalized spacial score (nSPS) is 13.5. The van der Waals surface area contributed by atoms with Crippen LogP contribution in [-0.2, 0) is 11.2 Å². The van der Waals surface area contributed by atoms with E-state index < -0.39 is 6.09 Å². The van der Waals surface area contributed by atoms with Crippen LogP contribution in [0.5, 0.6) is 0 Å². The summed E-state index contributed by atoms with van der Waals surface area (Å²) in [4.78, 5) is 12.3. The fourth-order valence-corrected chi connectivity index (χ4v) is 3.87. The Kier molecular flexibility index (Phi) is 5.39. The number of nitrogens with zero attached hydrogens (tertiary/aromatic N) is 2. The molecule has 0 saturated carbocycles. The number of carbonyl (C=O) groups is 1. The van der Waals surface area contributed by atoms with Gasteiger partial charge in [-0.05, 0) is 57.2 Å². The summed E-state index contributed by atoms with van der Waals surface area (Å²) in [6.07, 6.45) is 0.171. The van der Waals surface area contributed by atoms with Gasteiger partial charge in [0.2, 0.25) is 0 Å². The zero-order chi connectivity index (χ0) is 19.5. The Hall–Kier alpha value is -2.73. The Bertz CT molecular complexity index is 946. The number of halogens is 1. The minimum Gasteiger partial charge on any atom is -0.449 e. The molecule has 0 fully saturated rings. The molecule has 1 aliphatic carbocycles. The second kappa shape index (κ2) is 8.10. The smallest absolute Gasteiger partial charge is 0.407 e. The van der Waals surface area contributed by atoms with Gasteiger partial charge >= 0.3 is 6.09 Å². The fourth-order valence-electron chi connectivity index (χ4n) is 3.66. The zero-order valence-electron chi connectivity index (χ0n) is 15.4. The predicted octanol–water partition coefficient (Wildman–Crippen LogP) is 4.71. The van der Waals surface area contributed by atoms with Gasteiger partial charge in [-0.1, -0.05) is 48.5 Å². The molecule has 0 spiro atoms. The Morgan fingerprint density at radius 1 is 1.04 bits per heavy atom. The van der Waals surface area contributed by atoms with Crippen LogP contribution in [-0.4, -0.2) is 28.9 Å². The molecule has 0 radical (unpaired) electrons. The maximum Gasteiger partial charge on any atom is 0.407 e. The van der Waals surface area contributed by atoms with Crippen LogP contribution >= 0.6 is 15.9 Å². The van der Waals surface area contributed by atoms with Crippen molar-refractivity contribution >= 4 is 22.0 Å². The van der Waals surface area contributed by atoms with Crippen molar-refractivity contribution in [3.05, 3.63) is 82.1 Å². The Morgan fingerprint density at radius 3 is 2.29 bits per heavy atom. The molecule has 142 valence electrons. The fraction of sp³-hybridized carbons (Fsp3) is 0.227. The van der Waals surface area contributed by atoms with E-state index in [0.29, 0.717) is 17.6 Å². The zero-order valence-corrected chi connectivity index (χ0v) is 17.0. The first-order valence-electron chi connectivity index (χ1n) is 9.21. The molecule has 2 aromatic carbocycles. The molecule has 0 bridgehead atoms. The topological polar surface area (TPSA) is 64.1 Å². The van der Waals surface area contributed by atoms with E-state index in [9.17, 15) is 4.79 Å². The second-order valence-corrected chi connectivity index (χ2v) is 7.73. The third-order valence-corrected chi connectivity index (χ3v) is 5.33. The highest BCUT2D eigenvalue weighted by Crippen LogP contribution is 2.44. The number of benzene rings is 2. The summed E-state index contributed by atoms with van der Waals surface area (Å²) in [5.74, 6) is 0.0609. The first-order chi connectivity index (χ1) is 13.6. The molecule has 28 heavy (non-hydrogen) atoms. The van der Waals surface area contributed by atoms with Crippen molar-refractivity contribution in [3.63, 3.8) is 0 Å². The van der Waals surface area contributed by atoms with Crippen molar-refractivity contribution in [2.24, 2.45) is 0 Å². The minimum atomic E-state index is -0.417. The van der Waals surface area contributed by atoms with E-state index in [1.165, 1.54) is 22.3 Å². The van der Waals surface area contributed by atoms with Crippen LogP contribution in [0.1, 0.15) is 29.7 Å². The highest BCUT2D eigenvalue weighted by atomic mass is 79.9. The van der Waals surface area contributed by atoms with E-state index in [0.717, 1.165) is 5.69 Å². The molecule has 5 nitrogen and oxygen atoms in total. The lowest BCUT2D eigenvalue weighted by Gasteiger charge is -2.17. The number of nitrogens with one attached hydrogen (secondary N) is 1. The van der Waals surface area contributed by atoms with Crippen LogP contribution < -0.4 is 5.32 Å². The summed E-state index contributed by atoms with van der Waals surface area (Å²) >= 11 is 3.26. The lowest BCUT2D eigenvalue weighted by atomic mass is 9.98. The number of rotatable bonds is 5. The van der Waals surface area contributed by atoms with Gasteiger partial charge < -0.3 is 10.1 Å². The average Bonchev–Trinajstić information content (AvgIpc) is 3.02. The minimum absolute atomic E-state index is 0.0609. The number of ether oxygens (including phenoxy) is 1. The van der Waals surface area contributed by atoms with E-state index >= 15 is 0 Å². The number of aromatic nitrogens is 2. The van der Waals surface area contributed by atoms with Gasteiger partial charge in [-0.15, -0.1) is 5.10 Å². The van der Waals surface area contributed by atoms with Crippen molar-refractivity contribution in [2.45, 2.75) is 25.3 Å². The predicted molar refractivity (Wildman–Crippen MR) is 111 cm³/mol. The monoisotopic (exact) mass is 437 g/mol. The SMILES string of the molecule is C[C@H](Cc1ccc(Br)nn1)NC(=O)OCC1c2ccccc2-c2ccccc21. The van der Waals surface area contributed by atoms with E-state index in [2.05, 4.69) is 55.7 Å². The largest absolute Gasteiger partial charge is 0.449 e. The first kappa shape index (κ1) is 18.6. The highest BCUT2D eigenvalue weighted by molar-refractivity contribution is 9.10. The van der Waals surface area contributed by atoms with Gasteiger partial charge in [0.1, 0.15) is 11.2 Å². The Balaban J connectivity index is 1.38. The summed E-state index contributed by atoms with van der Waals surface area (Å²) in [5, 5.41) is 10.9. The Labute approximate surface area is 172 Å². The molecule has 0 saturated heterocycles. The van der Waals surface area contributed by atoms with Gasteiger partial charge in [0.15, 0.2) is 0 Å². The second-order valence-electron chi connectivity index (χ2n) is 6.92. The van der Waals surface area contributed by atoms with Crippen molar-refractivity contribution in [2.75, 3.05) is 6.61 Å². The molecule has 6 heteroatoms. The van der Waals surface area contributed by atoms with Crippen LogP contribution in [0.25, 0.3) is 11.1 Å². The van der Waals surface area contributed by atoms with Gasteiger partial charge in [-0.25, -0.2) is 4.79 Å². The number of hydrogen-bond donors (Lipinski definition) is 1. The molecule has 4 rings (SSSR count). The van der Waals surface area contributed by atoms with Crippen LogP contribution in [0.3, 0.4) is 0 Å². The van der Waals surface area contributed by atoms with Gasteiger partial charge in [0.25, 0.3) is 0 Å². The lowest BCUT2D eigenvalue weighted by Crippen LogP contribution is -2.35. The van der Waals surface area contributed by atoms with Crippen LogP contribution in [0.15, 0.2) is 65.3 Å². The number of amides is 1. The third kappa shape index (κ3) is 3.92. The summed E-state index contributed by atoms with van der Waals surface area (Å²) in [5.41, 5.74) is 5.66. The molecule has 1 amide bonds. The van der Waals surface area contributed by atoms with Gasteiger partial charge in [0, 0.05) is 18.4 Å². The highest BCUT2D eigenvalue weighted by Gasteiger charge is 2.29. The standard InChI is InChI=1S/C22H20BrN3O2/c1-14(12-15-10-11-21(23)26-25-15)24-22(27)28-13-20-18-8-4-2-6-16(18)17-7-3-5-9-19(17)20/h2-11,14,20H,12-13H2,1H3,(H,24,27)/t14-/m1/s1. The number of fused-ring (bicyclic) bond motifs is 3. The van der Waals surface area contributed by atoms with Crippen LogP contribution in [0.4, 0.5) is 4.79 Å². The summed E-state index contributed by atoms with van der Waals surface area (Å²) < 4.78 is 6.26. The molecular formula is C22H20BrN3O2. The van der Waals surface area contributed by atoms with E-state index in [1.54, 1.807) is 0 Å². The maximum absolute atomic E-state index is 12.3. The Morgan fingerprint density at radius 2 is 1.68 bits per heavy atom. The van der Waals surface area contributed by atoms with Crippen LogP contribution in [0.2, 0.25) is 0 Å². The molecule has 1 heterocycles. The van der Waals surface area contributed by atoms with Gasteiger partial charge in [-0.3, -0.25) is 0 Å². The molecule has 1 N–H and O–H groups in total. The first-order valence-corrected chi connectivity index (χ1v) is 10.0. The average molecular weight is 438 g/mol. The molecule has 1 aromatic heterocycles. The lowest BCUT2D eigenvalue weighted by molar-refractivity contribution is 0.139. The van der Waals surface area contributed by atoms with Crippen molar-refractivity contribution in [1.29, 1.82) is 0 Å². The van der Waals surface area contributed by atoms with Gasteiger partial charge in [-0.2, -0.15) is 5.10 Å². The summed E-state index contributed by atoms with van der Waals surface area (Å²) in [7, 11) is 0. The number of alkyl carbamates (subject to hydrolysis) is 1. The quantitative estimate of drug-likeness (QED) is 0.627. The molecule has 1 aliphatic rings. The van der Waals surface area contributed by atoms with Crippen molar-refractivity contribution in [3.8, 4) is 11.1 Å². The molecule has 0 aliphatic heterocycles. The third-order valence-electron chi connectivity index (χ3n) is 4.91. The number of hydrogen-bond acceptors (Lipinski definition) is 4. The van der Waals surface area contributed by atoms with Crippen LogP contribution in [0, 0.1) is 0 Å². The van der Waals surface area contributed by atoms with Crippen molar-refractivity contribution < 1.29 is 9.53 Å². The van der Waals surface area contributed by atoms with E-state index in [1.807, 2.05) is 43.3 Å². The van der Waals surface area contributed by atoms with Gasteiger partial charge in [0.05, 0.1) is 5.69 Å². The summed E-state index contributed by atoms with van der Waals surface area (Å²) in [6, 6.07) is 20.2. The molecular weight excluding hydrogens is 418 g/mol. The molecule has 3 aromatic rings.